The number of aldehydes is 1. The van der Waals surface area contributed by atoms with Crippen molar-refractivity contribution in [2.24, 2.45) is 0 Å². The third-order valence-corrected chi connectivity index (χ3v) is 2.93. The summed E-state index contributed by atoms with van der Waals surface area (Å²) in [6.45, 7) is 7.09. The molecule has 0 bridgehead atoms. The molecule has 28 heavy (non-hydrogen) atoms. The molecule has 0 radical (unpaired) electrons. The molecule has 7 heteroatoms. The Morgan fingerprint density at radius 2 is 1.61 bits per heavy atom. The van der Waals surface area contributed by atoms with Crippen LogP contribution in [0.2, 0.25) is 0 Å². The van der Waals surface area contributed by atoms with Gasteiger partial charge in [-0.1, -0.05) is 17.9 Å². The molecule has 0 spiro atoms. The van der Waals surface area contributed by atoms with E-state index in [4.69, 9.17) is 14.2 Å². The van der Waals surface area contributed by atoms with Crippen LogP contribution < -0.4 is 0 Å². The molecule has 0 aromatic carbocycles. The van der Waals surface area contributed by atoms with Crippen molar-refractivity contribution in [3.05, 3.63) is 47.5 Å². The summed E-state index contributed by atoms with van der Waals surface area (Å²) in [6.07, 6.45) is 6.95. The molecular formula is C21H24O7. The molecule has 0 N–H and O–H groups in total. The molecule has 0 fully saturated rings. The van der Waals surface area contributed by atoms with E-state index < -0.39 is 24.0 Å². The summed E-state index contributed by atoms with van der Waals surface area (Å²) in [5.41, 5.74) is 1.49. The van der Waals surface area contributed by atoms with Crippen molar-refractivity contribution in [1.29, 1.82) is 0 Å². The molecule has 150 valence electrons. The average molecular weight is 388 g/mol. The lowest BCUT2D eigenvalue weighted by Gasteiger charge is -2.16. The smallest absolute Gasteiger partial charge is 0.307 e. The molecular weight excluding hydrogens is 364 g/mol. The molecule has 1 unspecified atom stereocenters. The van der Waals surface area contributed by atoms with E-state index in [1.807, 2.05) is 0 Å². The molecule has 0 rings (SSSR count). The van der Waals surface area contributed by atoms with Crippen molar-refractivity contribution in [1.82, 2.24) is 0 Å². The lowest BCUT2D eigenvalue weighted by molar-refractivity contribution is -0.144. The monoisotopic (exact) mass is 388 g/mol. The van der Waals surface area contributed by atoms with Crippen molar-refractivity contribution in [2.45, 2.75) is 47.1 Å². The van der Waals surface area contributed by atoms with Crippen molar-refractivity contribution >= 4 is 24.2 Å². The van der Waals surface area contributed by atoms with Gasteiger partial charge in [0.1, 0.15) is 18.7 Å². The molecule has 0 aliphatic rings. The molecule has 0 heterocycles. The predicted octanol–water partition coefficient (Wildman–Crippen LogP) is 2.93. The van der Waals surface area contributed by atoms with Crippen LogP contribution in [0.15, 0.2) is 47.5 Å². The van der Waals surface area contributed by atoms with Gasteiger partial charge in [-0.15, -0.1) is 0 Å². The van der Waals surface area contributed by atoms with Gasteiger partial charge in [-0.05, 0) is 37.1 Å². The molecule has 0 amide bonds. The second kappa shape index (κ2) is 13.8. The van der Waals surface area contributed by atoms with Gasteiger partial charge in [-0.3, -0.25) is 19.2 Å². The Morgan fingerprint density at radius 3 is 2.14 bits per heavy atom. The largest absolute Gasteiger partial charge is 0.457 e. The van der Waals surface area contributed by atoms with Crippen LogP contribution in [0.5, 0.6) is 0 Å². The minimum Gasteiger partial charge on any atom is -0.457 e. The number of carbonyl (C=O) groups excluding carboxylic acids is 4. The Kier molecular flexibility index (Phi) is 12.1. The van der Waals surface area contributed by atoms with Crippen LogP contribution in [0.3, 0.4) is 0 Å². The van der Waals surface area contributed by atoms with Crippen molar-refractivity contribution in [2.75, 3.05) is 0 Å². The van der Waals surface area contributed by atoms with E-state index in [-0.39, 0.29) is 6.42 Å². The summed E-state index contributed by atoms with van der Waals surface area (Å²) in [5.74, 6) is 3.96. The van der Waals surface area contributed by atoms with Gasteiger partial charge in [0.15, 0.2) is 0 Å². The highest BCUT2D eigenvalue weighted by atomic mass is 16.5. The lowest BCUT2D eigenvalue weighted by Crippen LogP contribution is -2.18. The van der Waals surface area contributed by atoms with Gasteiger partial charge in [-0.25, -0.2) is 0 Å². The fourth-order valence-corrected chi connectivity index (χ4v) is 1.67. The zero-order valence-electron chi connectivity index (χ0n) is 16.6. The number of hydrogen-bond acceptors (Lipinski definition) is 7. The second-order valence-corrected chi connectivity index (χ2v) is 5.64. The molecule has 0 saturated heterocycles. The van der Waals surface area contributed by atoms with Gasteiger partial charge in [0.05, 0.1) is 6.26 Å². The second-order valence-electron chi connectivity index (χ2n) is 5.64. The van der Waals surface area contributed by atoms with Crippen LogP contribution in [0, 0.1) is 11.8 Å². The summed E-state index contributed by atoms with van der Waals surface area (Å²) in [5, 5.41) is 0. The molecule has 0 aliphatic heterocycles. The topological polar surface area (TPSA) is 96.0 Å². The Morgan fingerprint density at radius 1 is 0.964 bits per heavy atom. The quantitative estimate of drug-likeness (QED) is 0.120. The van der Waals surface area contributed by atoms with E-state index in [9.17, 15) is 19.2 Å². The number of rotatable bonds is 8. The Bertz CT molecular complexity index is 770. The van der Waals surface area contributed by atoms with Gasteiger partial charge in [-0.2, -0.15) is 0 Å². The van der Waals surface area contributed by atoms with Crippen LogP contribution in [0.1, 0.15) is 41.0 Å². The highest BCUT2D eigenvalue weighted by Crippen LogP contribution is 2.16. The molecule has 1 atom stereocenters. The van der Waals surface area contributed by atoms with E-state index in [2.05, 4.69) is 11.8 Å². The van der Waals surface area contributed by atoms with Crippen LogP contribution in [-0.4, -0.2) is 30.3 Å². The molecule has 0 aliphatic carbocycles. The summed E-state index contributed by atoms with van der Waals surface area (Å²) < 4.78 is 14.9. The van der Waals surface area contributed by atoms with E-state index >= 15 is 0 Å². The fourth-order valence-electron chi connectivity index (χ4n) is 1.67. The number of carbonyl (C=O) groups is 4. The Hall–Kier alpha value is -3.40. The maximum absolute atomic E-state index is 11.4. The SMILES string of the molecule is CC(=O)OC=CC(=COC(C)=O)C(CC=C(C)C#CC=C(C)C=O)OC(C)=O. The molecule has 0 saturated carbocycles. The molecule has 0 aromatic rings. The Labute approximate surface area is 164 Å². The first-order valence-corrected chi connectivity index (χ1v) is 8.34. The van der Waals surface area contributed by atoms with Gasteiger partial charge < -0.3 is 14.2 Å². The van der Waals surface area contributed by atoms with Crippen LogP contribution in [0.25, 0.3) is 0 Å². The standard InChI is InChI=1S/C21H24O7/c1-15(7-6-8-16(2)13-22)9-10-21(28-19(5)25)20(14-27-18(4)24)11-12-26-17(3)23/h8-9,11-14,21H,10H2,1-5H3. The Balaban J connectivity index is 5.57. The first-order chi connectivity index (χ1) is 13.1. The fraction of sp³-hybridized carbons (Fsp3) is 0.333. The van der Waals surface area contributed by atoms with Crippen LogP contribution >= 0.6 is 0 Å². The number of esters is 3. The van der Waals surface area contributed by atoms with Crippen LogP contribution in [0.4, 0.5) is 0 Å². The lowest BCUT2D eigenvalue weighted by atomic mass is 10.1. The first-order valence-electron chi connectivity index (χ1n) is 8.34. The molecule has 0 aromatic heterocycles. The predicted molar refractivity (Wildman–Crippen MR) is 102 cm³/mol. The summed E-state index contributed by atoms with van der Waals surface area (Å²) >= 11 is 0. The zero-order chi connectivity index (χ0) is 21.5. The van der Waals surface area contributed by atoms with E-state index in [0.29, 0.717) is 23.0 Å². The minimum absolute atomic E-state index is 0.230. The normalized spacial score (nSPS) is 13.2. The first kappa shape index (κ1) is 24.6. The van der Waals surface area contributed by atoms with Gasteiger partial charge in [0, 0.05) is 32.8 Å². The molecule has 7 nitrogen and oxygen atoms in total. The maximum atomic E-state index is 11.4. The number of ether oxygens (including phenoxy) is 3. The third-order valence-electron chi connectivity index (χ3n) is 2.93. The van der Waals surface area contributed by atoms with Gasteiger partial charge >= 0.3 is 17.9 Å². The summed E-state index contributed by atoms with van der Waals surface area (Å²) in [6, 6.07) is 0. The third kappa shape index (κ3) is 12.9. The zero-order valence-corrected chi connectivity index (χ0v) is 16.6. The minimum atomic E-state index is -0.798. The number of hydrogen-bond donors (Lipinski definition) is 0. The van der Waals surface area contributed by atoms with E-state index in [1.165, 1.54) is 32.9 Å². The highest BCUT2D eigenvalue weighted by Gasteiger charge is 2.16. The maximum Gasteiger partial charge on any atom is 0.307 e. The van der Waals surface area contributed by atoms with Gasteiger partial charge in [0.25, 0.3) is 0 Å². The van der Waals surface area contributed by atoms with Gasteiger partial charge in [0.2, 0.25) is 0 Å². The summed E-state index contributed by atoms with van der Waals surface area (Å²) in [4.78, 5) is 44.0. The van der Waals surface area contributed by atoms with E-state index in [1.54, 1.807) is 19.9 Å². The highest BCUT2D eigenvalue weighted by molar-refractivity contribution is 5.73. The van der Waals surface area contributed by atoms with Crippen molar-refractivity contribution < 1.29 is 33.4 Å². The average Bonchev–Trinajstić information content (AvgIpc) is 2.60. The van der Waals surface area contributed by atoms with Crippen molar-refractivity contribution in [3.63, 3.8) is 0 Å². The summed E-state index contributed by atoms with van der Waals surface area (Å²) in [7, 11) is 0. The van der Waals surface area contributed by atoms with Crippen LogP contribution in [-0.2, 0) is 33.4 Å². The number of allylic oxidation sites excluding steroid dienone is 3. The van der Waals surface area contributed by atoms with Crippen molar-refractivity contribution in [3.8, 4) is 11.8 Å². The van der Waals surface area contributed by atoms with E-state index in [0.717, 1.165) is 12.5 Å².